The number of aromatic nitrogens is 2. The van der Waals surface area contributed by atoms with Crippen LogP contribution >= 0.6 is 11.6 Å². The molecule has 0 aliphatic carbocycles. The molecule has 0 fully saturated rings. The maximum absolute atomic E-state index is 13.0. The van der Waals surface area contributed by atoms with Crippen LogP contribution in [0.4, 0.5) is 5.69 Å². The largest absolute Gasteiger partial charge is 0.281 e. The summed E-state index contributed by atoms with van der Waals surface area (Å²) in [5.74, 6) is 0. The van der Waals surface area contributed by atoms with Gasteiger partial charge in [0.25, 0.3) is 10.0 Å². The van der Waals surface area contributed by atoms with Crippen LogP contribution in [-0.2, 0) is 23.5 Å². The molecule has 0 amide bonds. The van der Waals surface area contributed by atoms with Crippen molar-refractivity contribution in [1.82, 2.24) is 9.78 Å². The minimum absolute atomic E-state index is 0.241. The molecule has 1 aromatic carbocycles. The SMILES string of the molecule is Cc1cnn(C)c1S(=O)(=O)N1CCCc2cc(Cl)ccc21. The van der Waals surface area contributed by atoms with Crippen molar-refractivity contribution < 1.29 is 8.42 Å². The Hall–Kier alpha value is -1.53. The zero-order chi connectivity index (χ0) is 15.2. The smallest absolute Gasteiger partial charge is 0.265 e. The monoisotopic (exact) mass is 325 g/mol. The number of fused-ring (bicyclic) bond motifs is 1. The van der Waals surface area contributed by atoms with E-state index in [0.717, 1.165) is 18.4 Å². The van der Waals surface area contributed by atoms with Gasteiger partial charge in [0.1, 0.15) is 0 Å². The second-order valence-electron chi connectivity index (χ2n) is 5.21. The lowest BCUT2D eigenvalue weighted by atomic mass is 10.0. The first-order valence-corrected chi connectivity index (χ1v) is 8.53. The summed E-state index contributed by atoms with van der Waals surface area (Å²) in [5, 5.41) is 4.91. The molecule has 0 spiro atoms. The number of benzene rings is 1. The molecule has 112 valence electrons. The van der Waals surface area contributed by atoms with Gasteiger partial charge < -0.3 is 0 Å². The summed E-state index contributed by atoms with van der Waals surface area (Å²) >= 11 is 6.01. The summed E-state index contributed by atoms with van der Waals surface area (Å²) in [6, 6.07) is 5.35. The lowest BCUT2D eigenvalue weighted by Crippen LogP contribution is -2.36. The van der Waals surface area contributed by atoms with E-state index >= 15 is 0 Å². The Bertz CT molecular complexity index is 779. The van der Waals surface area contributed by atoms with E-state index in [1.807, 2.05) is 6.07 Å². The van der Waals surface area contributed by atoms with Crippen LogP contribution in [0.5, 0.6) is 0 Å². The Morgan fingerprint density at radius 1 is 1.33 bits per heavy atom. The van der Waals surface area contributed by atoms with Gasteiger partial charge >= 0.3 is 0 Å². The van der Waals surface area contributed by atoms with Crippen LogP contribution in [0.2, 0.25) is 5.02 Å². The van der Waals surface area contributed by atoms with Gasteiger partial charge in [-0.1, -0.05) is 11.6 Å². The molecule has 0 atom stereocenters. The fourth-order valence-electron chi connectivity index (χ4n) is 2.79. The molecule has 21 heavy (non-hydrogen) atoms. The number of hydrogen-bond donors (Lipinski definition) is 0. The van der Waals surface area contributed by atoms with Crippen molar-refractivity contribution in [2.24, 2.45) is 7.05 Å². The number of anilines is 1. The molecular weight excluding hydrogens is 310 g/mol. The van der Waals surface area contributed by atoms with Crippen LogP contribution in [0.15, 0.2) is 29.4 Å². The summed E-state index contributed by atoms with van der Waals surface area (Å²) in [6.45, 7) is 2.23. The van der Waals surface area contributed by atoms with Gasteiger partial charge in [-0.25, -0.2) is 0 Å². The predicted molar refractivity (Wildman–Crippen MR) is 82.2 cm³/mol. The van der Waals surface area contributed by atoms with Gasteiger partial charge in [0, 0.05) is 24.2 Å². The molecule has 0 N–H and O–H groups in total. The van der Waals surface area contributed by atoms with Gasteiger partial charge in [0.2, 0.25) is 0 Å². The van der Waals surface area contributed by atoms with E-state index in [0.29, 0.717) is 22.8 Å². The topological polar surface area (TPSA) is 55.2 Å². The van der Waals surface area contributed by atoms with E-state index in [9.17, 15) is 8.42 Å². The molecule has 7 heteroatoms. The highest BCUT2D eigenvalue weighted by Gasteiger charge is 2.32. The van der Waals surface area contributed by atoms with Crippen molar-refractivity contribution in [3.05, 3.63) is 40.5 Å². The number of sulfonamides is 1. The van der Waals surface area contributed by atoms with Crippen molar-refractivity contribution >= 4 is 27.3 Å². The maximum atomic E-state index is 13.0. The molecule has 0 radical (unpaired) electrons. The molecule has 0 saturated heterocycles. The van der Waals surface area contributed by atoms with E-state index in [1.165, 1.54) is 8.99 Å². The summed E-state index contributed by atoms with van der Waals surface area (Å²) in [5.41, 5.74) is 2.34. The van der Waals surface area contributed by atoms with E-state index in [2.05, 4.69) is 5.10 Å². The third kappa shape index (κ3) is 2.32. The van der Waals surface area contributed by atoms with Gasteiger partial charge in [-0.05, 0) is 43.5 Å². The van der Waals surface area contributed by atoms with Gasteiger partial charge in [-0.2, -0.15) is 13.5 Å². The molecule has 2 heterocycles. The molecular formula is C14H16ClN3O2S. The van der Waals surface area contributed by atoms with E-state index in [1.54, 1.807) is 32.3 Å². The van der Waals surface area contributed by atoms with Crippen molar-refractivity contribution in [3.63, 3.8) is 0 Å². The Morgan fingerprint density at radius 2 is 2.10 bits per heavy atom. The van der Waals surface area contributed by atoms with Gasteiger partial charge in [0.15, 0.2) is 5.03 Å². The van der Waals surface area contributed by atoms with Gasteiger partial charge in [-0.15, -0.1) is 0 Å². The first-order valence-electron chi connectivity index (χ1n) is 6.71. The van der Waals surface area contributed by atoms with Crippen LogP contribution in [0.1, 0.15) is 17.5 Å². The molecule has 0 saturated carbocycles. The average Bonchev–Trinajstić information content (AvgIpc) is 2.77. The van der Waals surface area contributed by atoms with Crippen LogP contribution in [0, 0.1) is 6.92 Å². The summed E-state index contributed by atoms with van der Waals surface area (Å²) in [4.78, 5) is 0. The van der Waals surface area contributed by atoms with Crippen molar-refractivity contribution in [2.75, 3.05) is 10.8 Å². The quantitative estimate of drug-likeness (QED) is 0.852. The van der Waals surface area contributed by atoms with E-state index in [4.69, 9.17) is 11.6 Å². The van der Waals surface area contributed by atoms with Crippen LogP contribution < -0.4 is 4.31 Å². The standard InChI is InChI=1S/C14H16ClN3O2S/c1-10-9-16-17(2)14(10)21(19,20)18-7-3-4-11-8-12(15)5-6-13(11)18/h5-6,8-9H,3-4,7H2,1-2H3. The third-order valence-electron chi connectivity index (χ3n) is 3.71. The molecule has 0 unspecified atom stereocenters. The highest BCUT2D eigenvalue weighted by molar-refractivity contribution is 7.92. The van der Waals surface area contributed by atoms with Crippen molar-refractivity contribution in [3.8, 4) is 0 Å². The van der Waals surface area contributed by atoms with E-state index in [-0.39, 0.29) is 5.03 Å². The first kappa shape index (κ1) is 14.4. The summed E-state index contributed by atoms with van der Waals surface area (Å²) < 4.78 is 28.8. The molecule has 5 nitrogen and oxygen atoms in total. The average molecular weight is 326 g/mol. The van der Waals surface area contributed by atoms with Crippen LogP contribution in [-0.4, -0.2) is 24.7 Å². The third-order valence-corrected chi connectivity index (χ3v) is 5.98. The van der Waals surface area contributed by atoms with Gasteiger partial charge in [0.05, 0.1) is 11.9 Å². The Labute approximate surface area is 129 Å². The molecule has 1 aromatic heterocycles. The van der Waals surface area contributed by atoms with Crippen LogP contribution in [0.25, 0.3) is 0 Å². The first-order chi connectivity index (χ1) is 9.91. The van der Waals surface area contributed by atoms with Crippen LogP contribution in [0.3, 0.4) is 0 Å². The minimum atomic E-state index is -3.62. The maximum Gasteiger partial charge on any atom is 0.281 e. The molecule has 2 aromatic rings. The number of aryl methyl sites for hydroxylation is 3. The highest BCUT2D eigenvalue weighted by Crippen LogP contribution is 2.34. The number of rotatable bonds is 2. The Balaban J connectivity index is 2.14. The van der Waals surface area contributed by atoms with Crippen molar-refractivity contribution in [1.29, 1.82) is 0 Å². The Kier molecular flexibility index (Phi) is 3.45. The Morgan fingerprint density at radius 3 is 2.76 bits per heavy atom. The van der Waals surface area contributed by atoms with Crippen molar-refractivity contribution in [2.45, 2.75) is 24.8 Å². The molecule has 0 bridgehead atoms. The van der Waals surface area contributed by atoms with Gasteiger partial charge in [-0.3, -0.25) is 8.99 Å². The molecule has 1 aliphatic rings. The normalized spacial score (nSPS) is 15.1. The number of hydrogen-bond acceptors (Lipinski definition) is 3. The minimum Gasteiger partial charge on any atom is -0.265 e. The fourth-order valence-corrected chi connectivity index (χ4v) is 4.84. The number of nitrogens with zero attached hydrogens (tertiary/aromatic N) is 3. The second kappa shape index (κ2) is 5.03. The zero-order valence-electron chi connectivity index (χ0n) is 11.9. The second-order valence-corrected chi connectivity index (χ2v) is 7.42. The lowest BCUT2D eigenvalue weighted by molar-refractivity contribution is 0.567. The van der Waals surface area contributed by atoms with E-state index < -0.39 is 10.0 Å². The zero-order valence-corrected chi connectivity index (χ0v) is 13.4. The summed E-state index contributed by atoms with van der Waals surface area (Å²) in [7, 11) is -1.97. The lowest BCUT2D eigenvalue weighted by Gasteiger charge is -2.30. The molecule has 1 aliphatic heterocycles. The predicted octanol–water partition coefficient (Wildman–Crippen LogP) is 2.52. The summed E-state index contributed by atoms with van der Waals surface area (Å²) in [6.07, 6.45) is 3.19. The fraction of sp³-hybridized carbons (Fsp3) is 0.357. The molecule has 3 rings (SSSR count). The number of halogens is 1. The highest BCUT2D eigenvalue weighted by atomic mass is 35.5.